The predicted molar refractivity (Wildman–Crippen MR) is 110 cm³/mol. The van der Waals surface area contributed by atoms with Crippen LogP contribution in [0.2, 0.25) is 48.4 Å². The summed E-state index contributed by atoms with van der Waals surface area (Å²) in [4.78, 5) is 0. The molecule has 0 heterocycles. The third kappa shape index (κ3) is 7.25. The highest BCUT2D eigenvalue weighted by atomic mass is 28.5. The lowest BCUT2D eigenvalue weighted by atomic mass is 10.9. The zero-order valence-electron chi connectivity index (χ0n) is 16.9. The minimum Gasteiger partial charge on any atom is -0.436 e. The summed E-state index contributed by atoms with van der Waals surface area (Å²) in [7, 11) is -5.68. The Kier molecular flexibility index (Phi) is 12.6. The Morgan fingerprint density at radius 1 is 0.522 bits per heavy atom. The van der Waals surface area contributed by atoms with Gasteiger partial charge in [0, 0.05) is 0 Å². The lowest BCUT2D eigenvalue weighted by Crippen LogP contribution is -2.57. The van der Waals surface area contributed by atoms with Gasteiger partial charge in [0.05, 0.1) is 0 Å². The molecule has 0 bridgehead atoms. The number of hydrogen-bond acceptors (Lipinski definition) is 3. The van der Waals surface area contributed by atoms with E-state index in [4.69, 9.17) is 12.3 Å². The van der Waals surface area contributed by atoms with Crippen molar-refractivity contribution in [3.05, 3.63) is 0 Å². The summed E-state index contributed by atoms with van der Waals surface area (Å²) in [5.41, 5.74) is 0. The van der Waals surface area contributed by atoms with Crippen LogP contribution < -0.4 is 0 Å². The standard InChI is InChI=1S/C16H40O3Si4/c1-9-20(10-2)17-22(13-5,14-6)19-23(15-7,16-8)18-21(11-3)12-4/h9-16H2,1-8H3. The summed E-state index contributed by atoms with van der Waals surface area (Å²) < 4.78 is 20.4. The Hall–Kier alpha value is 0.748. The highest BCUT2D eigenvalue weighted by molar-refractivity contribution is 6.86. The molecule has 0 unspecified atom stereocenters. The molecule has 0 aliphatic rings. The average molecular weight is 393 g/mol. The van der Waals surface area contributed by atoms with E-state index in [1.54, 1.807) is 0 Å². The minimum atomic E-state index is -2.12. The van der Waals surface area contributed by atoms with Crippen LogP contribution in [0, 0.1) is 0 Å². The molecule has 7 heteroatoms. The topological polar surface area (TPSA) is 27.7 Å². The maximum Gasteiger partial charge on any atom is 0.318 e. The highest BCUT2D eigenvalue weighted by Crippen LogP contribution is 2.31. The Morgan fingerprint density at radius 2 is 0.783 bits per heavy atom. The lowest BCUT2D eigenvalue weighted by Gasteiger charge is -2.42. The molecule has 0 rings (SSSR count). The molecule has 0 saturated carbocycles. The molecule has 0 aliphatic heterocycles. The highest BCUT2D eigenvalue weighted by Gasteiger charge is 2.46. The number of rotatable bonds is 14. The van der Waals surface area contributed by atoms with E-state index >= 15 is 0 Å². The zero-order chi connectivity index (χ0) is 17.9. The maximum absolute atomic E-state index is 6.98. The molecular weight excluding hydrogens is 353 g/mol. The maximum atomic E-state index is 6.98. The first-order valence-electron chi connectivity index (χ1n) is 9.71. The first-order valence-corrected chi connectivity index (χ1v) is 17.8. The summed E-state index contributed by atoms with van der Waals surface area (Å²) in [5.74, 6) is 0. The van der Waals surface area contributed by atoms with E-state index in [0.717, 1.165) is 24.2 Å². The van der Waals surface area contributed by atoms with E-state index in [0.29, 0.717) is 0 Å². The molecule has 0 spiro atoms. The second-order valence-corrected chi connectivity index (χ2v) is 19.9. The predicted octanol–water partition coefficient (Wildman–Crippen LogP) is 6.06. The Bertz CT molecular complexity index is 261. The van der Waals surface area contributed by atoms with Crippen molar-refractivity contribution in [2.24, 2.45) is 0 Å². The van der Waals surface area contributed by atoms with Gasteiger partial charge in [-0.05, 0) is 48.4 Å². The molecule has 0 atom stereocenters. The smallest absolute Gasteiger partial charge is 0.318 e. The summed E-state index contributed by atoms with van der Waals surface area (Å²) >= 11 is 0. The van der Waals surface area contributed by atoms with E-state index in [-0.39, 0.29) is 0 Å². The van der Waals surface area contributed by atoms with Crippen LogP contribution in [0.15, 0.2) is 0 Å². The monoisotopic (exact) mass is 392 g/mol. The zero-order valence-corrected chi connectivity index (χ0v) is 20.9. The molecule has 23 heavy (non-hydrogen) atoms. The van der Waals surface area contributed by atoms with Crippen molar-refractivity contribution in [2.45, 2.75) is 104 Å². The van der Waals surface area contributed by atoms with Gasteiger partial charge in [0.25, 0.3) is 0 Å². The Morgan fingerprint density at radius 3 is 0.957 bits per heavy atom. The van der Waals surface area contributed by atoms with E-state index in [1.165, 1.54) is 24.2 Å². The van der Waals surface area contributed by atoms with Crippen LogP contribution in [-0.4, -0.2) is 35.2 Å². The van der Waals surface area contributed by atoms with Gasteiger partial charge in [-0.15, -0.1) is 0 Å². The molecule has 0 aromatic carbocycles. The summed E-state index contributed by atoms with van der Waals surface area (Å²) in [6, 6.07) is 8.90. The molecule has 0 saturated heterocycles. The van der Waals surface area contributed by atoms with Gasteiger partial charge in [-0.3, -0.25) is 0 Å². The Labute approximate surface area is 151 Å². The van der Waals surface area contributed by atoms with Crippen molar-refractivity contribution in [1.82, 2.24) is 0 Å². The first kappa shape index (κ1) is 23.7. The SMILES string of the molecule is CC[Si](CC)O[Si](CC)(CC)O[Si](CC)(CC)O[Si](CC)CC. The second-order valence-electron chi connectivity index (χ2n) is 6.03. The van der Waals surface area contributed by atoms with E-state index in [1.807, 2.05) is 0 Å². The Balaban J connectivity index is 5.36. The van der Waals surface area contributed by atoms with Gasteiger partial charge in [-0.1, -0.05) is 55.4 Å². The quantitative estimate of drug-likeness (QED) is 0.336. The lowest BCUT2D eigenvalue weighted by molar-refractivity contribution is 0.312. The van der Waals surface area contributed by atoms with E-state index in [9.17, 15) is 0 Å². The van der Waals surface area contributed by atoms with Crippen LogP contribution in [0.25, 0.3) is 0 Å². The van der Waals surface area contributed by atoms with Gasteiger partial charge in [0.1, 0.15) is 0 Å². The summed E-state index contributed by atoms with van der Waals surface area (Å²) in [5, 5.41) is 0. The third-order valence-electron chi connectivity index (χ3n) is 4.76. The van der Waals surface area contributed by atoms with Gasteiger partial charge in [-0.25, -0.2) is 0 Å². The molecular formula is C16H40O3Si4. The van der Waals surface area contributed by atoms with Crippen LogP contribution in [0.3, 0.4) is 0 Å². The molecule has 138 valence electrons. The summed E-state index contributed by atoms with van der Waals surface area (Å²) in [6.45, 7) is 18.1. The van der Waals surface area contributed by atoms with Crippen molar-refractivity contribution in [3.63, 3.8) is 0 Å². The molecule has 0 aromatic heterocycles. The molecule has 2 radical (unpaired) electrons. The van der Waals surface area contributed by atoms with E-state index in [2.05, 4.69) is 55.4 Å². The number of hydrogen-bond donors (Lipinski definition) is 0. The largest absolute Gasteiger partial charge is 0.436 e. The molecule has 0 aliphatic carbocycles. The van der Waals surface area contributed by atoms with Gasteiger partial charge >= 0.3 is 17.1 Å². The normalized spacial score (nSPS) is 13.3. The van der Waals surface area contributed by atoms with Crippen molar-refractivity contribution < 1.29 is 12.3 Å². The third-order valence-corrected chi connectivity index (χ3v) is 20.5. The van der Waals surface area contributed by atoms with Crippen molar-refractivity contribution >= 4 is 35.2 Å². The van der Waals surface area contributed by atoms with Crippen LogP contribution >= 0.6 is 0 Å². The van der Waals surface area contributed by atoms with Crippen molar-refractivity contribution in [3.8, 4) is 0 Å². The fraction of sp³-hybridized carbons (Fsp3) is 1.00. The fourth-order valence-electron chi connectivity index (χ4n) is 2.77. The van der Waals surface area contributed by atoms with Crippen LogP contribution in [0.4, 0.5) is 0 Å². The van der Waals surface area contributed by atoms with Crippen LogP contribution in [-0.2, 0) is 12.3 Å². The molecule has 0 N–H and O–H groups in total. The van der Waals surface area contributed by atoms with Gasteiger partial charge in [0.2, 0.25) is 0 Å². The van der Waals surface area contributed by atoms with Gasteiger partial charge in [0.15, 0.2) is 18.1 Å². The molecule has 3 nitrogen and oxygen atoms in total. The van der Waals surface area contributed by atoms with E-state index < -0.39 is 35.2 Å². The molecule has 0 amide bonds. The van der Waals surface area contributed by atoms with Crippen LogP contribution in [0.5, 0.6) is 0 Å². The van der Waals surface area contributed by atoms with Gasteiger partial charge in [-0.2, -0.15) is 0 Å². The second kappa shape index (κ2) is 12.2. The van der Waals surface area contributed by atoms with Gasteiger partial charge < -0.3 is 12.3 Å². The average Bonchev–Trinajstić information content (AvgIpc) is 2.62. The first-order chi connectivity index (χ1) is 10.9. The van der Waals surface area contributed by atoms with Crippen molar-refractivity contribution in [1.29, 1.82) is 0 Å². The molecule has 0 fully saturated rings. The molecule has 0 aromatic rings. The van der Waals surface area contributed by atoms with Crippen LogP contribution in [0.1, 0.15) is 55.4 Å². The fourth-order valence-corrected chi connectivity index (χ4v) is 19.7. The van der Waals surface area contributed by atoms with Crippen molar-refractivity contribution in [2.75, 3.05) is 0 Å². The minimum absolute atomic E-state index is 0.719. The summed E-state index contributed by atoms with van der Waals surface area (Å²) in [6.07, 6.45) is 0.